The molecule has 0 radical (unpaired) electrons. The van der Waals surface area contributed by atoms with Crippen LogP contribution in [-0.2, 0) is 12.8 Å². The number of fused-ring (bicyclic) bond motifs is 1. The number of rotatable bonds is 3. The van der Waals surface area contributed by atoms with Crippen molar-refractivity contribution < 1.29 is 4.39 Å². The van der Waals surface area contributed by atoms with Crippen molar-refractivity contribution in [1.29, 1.82) is 0 Å². The minimum atomic E-state index is -0.162. The summed E-state index contributed by atoms with van der Waals surface area (Å²) in [6, 6.07) is 13.9. The molecule has 1 aliphatic carbocycles. The standard InChI is InChI=1S/C18H19BrFN/c1-21-18-13(7-6-12-4-2-3-5-16(12)18)10-14-11-15(20)8-9-17(14)19/h2-5,8-9,11,13,18,21H,6-7,10H2,1H3. The summed E-state index contributed by atoms with van der Waals surface area (Å²) in [5, 5.41) is 3.46. The summed E-state index contributed by atoms with van der Waals surface area (Å²) in [5.74, 6) is 0.327. The molecule has 0 saturated heterocycles. The number of benzene rings is 2. The quantitative estimate of drug-likeness (QED) is 0.851. The maximum Gasteiger partial charge on any atom is 0.123 e. The van der Waals surface area contributed by atoms with Gasteiger partial charge in [-0.15, -0.1) is 0 Å². The van der Waals surface area contributed by atoms with Gasteiger partial charge >= 0.3 is 0 Å². The average molecular weight is 348 g/mol. The van der Waals surface area contributed by atoms with Crippen LogP contribution in [0.3, 0.4) is 0 Å². The van der Waals surface area contributed by atoms with Gasteiger partial charge in [0.05, 0.1) is 0 Å². The summed E-state index contributed by atoms with van der Waals surface area (Å²) >= 11 is 3.54. The SMILES string of the molecule is CNC1c2ccccc2CCC1Cc1cc(F)ccc1Br. The molecule has 0 fully saturated rings. The van der Waals surface area contributed by atoms with Gasteiger partial charge in [0.25, 0.3) is 0 Å². The molecule has 110 valence electrons. The fourth-order valence-corrected chi connectivity index (χ4v) is 3.83. The van der Waals surface area contributed by atoms with Gasteiger partial charge in [-0.3, -0.25) is 0 Å². The molecule has 2 aromatic rings. The molecule has 2 unspecified atom stereocenters. The van der Waals surface area contributed by atoms with E-state index in [0.29, 0.717) is 12.0 Å². The highest BCUT2D eigenvalue weighted by molar-refractivity contribution is 9.10. The second kappa shape index (κ2) is 6.29. The summed E-state index contributed by atoms with van der Waals surface area (Å²) in [6.45, 7) is 0. The topological polar surface area (TPSA) is 12.0 Å². The Morgan fingerprint density at radius 2 is 2.05 bits per heavy atom. The largest absolute Gasteiger partial charge is 0.313 e. The average Bonchev–Trinajstić information content (AvgIpc) is 2.50. The van der Waals surface area contributed by atoms with Gasteiger partial charge in [-0.25, -0.2) is 4.39 Å². The first kappa shape index (κ1) is 14.7. The Kier molecular flexibility index (Phi) is 4.41. The molecular weight excluding hydrogens is 329 g/mol. The van der Waals surface area contributed by atoms with Crippen LogP contribution in [0.1, 0.15) is 29.2 Å². The van der Waals surface area contributed by atoms with Crippen molar-refractivity contribution in [2.45, 2.75) is 25.3 Å². The lowest BCUT2D eigenvalue weighted by Gasteiger charge is -2.34. The molecule has 0 aliphatic heterocycles. The van der Waals surface area contributed by atoms with Crippen LogP contribution in [0.15, 0.2) is 46.9 Å². The van der Waals surface area contributed by atoms with E-state index < -0.39 is 0 Å². The number of halogens is 2. The second-order valence-corrected chi connectivity index (χ2v) is 6.56. The molecule has 0 heterocycles. The molecule has 3 heteroatoms. The third-order valence-corrected chi connectivity index (χ3v) is 5.22. The van der Waals surface area contributed by atoms with E-state index >= 15 is 0 Å². The molecular formula is C18H19BrFN. The van der Waals surface area contributed by atoms with E-state index in [4.69, 9.17) is 0 Å². The monoisotopic (exact) mass is 347 g/mol. The normalized spacial score (nSPS) is 21.1. The predicted molar refractivity (Wildman–Crippen MR) is 87.9 cm³/mol. The Morgan fingerprint density at radius 1 is 1.24 bits per heavy atom. The predicted octanol–water partition coefficient (Wildman–Crippen LogP) is 4.65. The van der Waals surface area contributed by atoms with E-state index in [1.54, 1.807) is 12.1 Å². The molecule has 21 heavy (non-hydrogen) atoms. The second-order valence-electron chi connectivity index (χ2n) is 5.70. The highest BCUT2D eigenvalue weighted by Crippen LogP contribution is 2.37. The van der Waals surface area contributed by atoms with Crippen LogP contribution in [0.4, 0.5) is 4.39 Å². The summed E-state index contributed by atoms with van der Waals surface area (Å²) in [4.78, 5) is 0. The molecule has 1 nitrogen and oxygen atoms in total. The number of hydrogen-bond donors (Lipinski definition) is 1. The van der Waals surface area contributed by atoms with Crippen molar-refractivity contribution in [3.05, 3.63) is 69.4 Å². The molecule has 1 N–H and O–H groups in total. The highest BCUT2D eigenvalue weighted by atomic mass is 79.9. The van der Waals surface area contributed by atoms with Gasteiger partial charge in [0, 0.05) is 10.5 Å². The fourth-order valence-electron chi connectivity index (χ4n) is 3.42. The molecule has 0 amide bonds. The molecule has 0 spiro atoms. The maximum atomic E-state index is 13.5. The van der Waals surface area contributed by atoms with Crippen molar-refractivity contribution in [3.8, 4) is 0 Å². The van der Waals surface area contributed by atoms with Crippen molar-refractivity contribution >= 4 is 15.9 Å². The smallest absolute Gasteiger partial charge is 0.123 e. The van der Waals surface area contributed by atoms with Crippen molar-refractivity contribution in [3.63, 3.8) is 0 Å². The van der Waals surface area contributed by atoms with Crippen LogP contribution >= 0.6 is 15.9 Å². The van der Waals surface area contributed by atoms with Crippen molar-refractivity contribution in [2.75, 3.05) is 7.05 Å². The van der Waals surface area contributed by atoms with E-state index in [-0.39, 0.29) is 5.82 Å². The van der Waals surface area contributed by atoms with Gasteiger partial charge in [0.1, 0.15) is 5.82 Å². The zero-order valence-electron chi connectivity index (χ0n) is 12.1. The summed E-state index contributed by atoms with van der Waals surface area (Å²) < 4.78 is 14.5. The van der Waals surface area contributed by atoms with Crippen LogP contribution < -0.4 is 5.32 Å². The van der Waals surface area contributed by atoms with Crippen LogP contribution in [-0.4, -0.2) is 7.05 Å². The number of nitrogens with one attached hydrogen (secondary N) is 1. The Labute approximate surface area is 133 Å². The number of aryl methyl sites for hydroxylation is 1. The van der Waals surface area contributed by atoms with Crippen LogP contribution in [0.25, 0.3) is 0 Å². The van der Waals surface area contributed by atoms with Crippen molar-refractivity contribution in [1.82, 2.24) is 5.32 Å². The van der Waals surface area contributed by atoms with E-state index in [2.05, 4.69) is 45.5 Å². The third kappa shape index (κ3) is 3.04. The summed E-state index contributed by atoms with van der Waals surface area (Å²) in [6.07, 6.45) is 3.12. The van der Waals surface area contributed by atoms with Crippen LogP contribution in [0.2, 0.25) is 0 Å². The van der Waals surface area contributed by atoms with Crippen LogP contribution in [0.5, 0.6) is 0 Å². The van der Waals surface area contributed by atoms with E-state index in [1.165, 1.54) is 17.2 Å². The van der Waals surface area contributed by atoms with Gasteiger partial charge in [0.2, 0.25) is 0 Å². The Bertz CT molecular complexity index is 641. The minimum Gasteiger partial charge on any atom is -0.313 e. The molecule has 0 aromatic heterocycles. The molecule has 0 saturated carbocycles. The Balaban J connectivity index is 1.88. The first-order valence-electron chi connectivity index (χ1n) is 7.38. The lowest BCUT2D eigenvalue weighted by molar-refractivity contribution is 0.334. The molecule has 2 atom stereocenters. The molecule has 1 aliphatic rings. The summed E-state index contributed by atoms with van der Waals surface area (Å²) in [7, 11) is 2.01. The summed E-state index contributed by atoms with van der Waals surface area (Å²) in [5.41, 5.74) is 3.88. The van der Waals surface area contributed by atoms with Gasteiger partial charge < -0.3 is 5.32 Å². The third-order valence-electron chi connectivity index (χ3n) is 4.45. The first-order chi connectivity index (χ1) is 10.2. The highest BCUT2D eigenvalue weighted by Gasteiger charge is 2.28. The molecule has 3 rings (SSSR count). The lowest BCUT2D eigenvalue weighted by atomic mass is 9.77. The zero-order chi connectivity index (χ0) is 14.8. The molecule has 0 bridgehead atoms. The van der Waals surface area contributed by atoms with Gasteiger partial charge in [-0.05, 0) is 67.1 Å². The van der Waals surface area contributed by atoms with E-state index in [0.717, 1.165) is 29.3 Å². The van der Waals surface area contributed by atoms with E-state index in [1.807, 2.05) is 7.05 Å². The molecule has 2 aromatic carbocycles. The zero-order valence-corrected chi connectivity index (χ0v) is 13.7. The van der Waals surface area contributed by atoms with Crippen LogP contribution in [0, 0.1) is 11.7 Å². The Hall–Kier alpha value is -1.19. The fraction of sp³-hybridized carbons (Fsp3) is 0.333. The maximum absolute atomic E-state index is 13.5. The van der Waals surface area contributed by atoms with Gasteiger partial charge in [-0.1, -0.05) is 40.2 Å². The minimum absolute atomic E-state index is 0.162. The Morgan fingerprint density at radius 3 is 2.86 bits per heavy atom. The first-order valence-corrected chi connectivity index (χ1v) is 8.17. The van der Waals surface area contributed by atoms with Gasteiger partial charge in [-0.2, -0.15) is 0 Å². The lowest BCUT2D eigenvalue weighted by Crippen LogP contribution is -2.31. The van der Waals surface area contributed by atoms with Gasteiger partial charge in [0.15, 0.2) is 0 Å². The van der Waals surface area contributed by atoms with Crippen molar-refractivity contribution in [2.24, 2.45) is 5.92 Å². The number of hydrogen-bond acceptors (Lipinski definition) is 1. The van der Waals surface area contributed by atoms with E-state index in [9.17, 15) is 4.39 Å².